The van der Waals surface area contributed by atoms with Crippen LogP contribution >= 0.6 is 11.3 Å². The summed E-state index contributed by atoms with van der Waals surface area (Å²) in [6.45, 7) is 1.61. The molecule has 1 fully saturated rings. The van der Waals surface area contributed by atoms with E-state index < -0.39 is 23.7 Å². The second-order valence-electron chi connectivity index (χ2n) is 6.59. The highest BCUT2D eigenvalue weighted by Crippen LogP contribution is 2.43. The van der Waals surface area contributed by atoms with Crippen molar-refractivity contribution in [1.29, 1.82) is 0 Å². The van der Waals surface area contributed by atoms with Crippen LogP contribution < -0.4 is 4.90 Å². The molecule has 1 amide bonds. The lowest BCUT2D eigenvalue weighted by atomic mass is 9.97. The van der Waals surface area contributed by atoms with Crippen molar-refractivity contribution in [2.75, 3.05) is 12.0 Å². The van der Waals surface area contributed by atoms with Crippen LogP contribution in [0, 0.1) is 6.92 Å². The Balaban J connectivity index is 1.93. The number of nitrogens with zero attached hydrogens (tertiary/aromatic N) is 4. The molecule has 4 rings (SSSR count). The van der Waals surface area contributed by atoms with E-state index in [1.165, 1.54) is 42.7 Å². The Morgan fingerprint density at radius 3 is 2.55 bits per heavy atom. The van der Waals surface area contributed by atoms with E-state index >= 15 is 0 Å². The number of aliphatic hydroxyl groups is 1. The van der Waals surface area contributed by atoms with Crippen LogP contribution in [0.3, 0.4) is 0 Å². The molecule has 1 aliphatic heterocycles. The molecule has 3 aromatic heterocycles. The van der Waals surface area contributed by atoms with Crippen molar-refractivity contribution < 1.29 is 24.2 Å². The Bertz CT molecular complexity index is 1210. The van der Waals surface area contributed by atoms with E-state index in [2.05, 4.69) is 15.0 Å². The summed E-state index contributed by atoms with van der Waals surface area (Å²) < 4.78 is 4.77. The largest absolute Gasteiger partial charge is 0.507 e. The molecule has 4 heterocycles. The van der Waals surface area contributed by atoms with E-state index in [0.29, 0.717) is 16.8 Å². The van der Waals surface area contributed by atoms with Crippen molar-refractivity contribution in [3.05, 3.63) is 76.3 Å². The summed E-state index contributed by atoms with van der Waals surface area (Å²) in [7, 11) is 1.25. The Hall–Kier alpha value is -3.92. The second kappa shape index (κ2) is 8.07. The van der Waals surface area contributed by atoms with Gasteiger partial charge in [-0.05, 0) is 30.7 Å². The maximum atomic E-state index is 13.0. The van der Waals surface area contributed by atoms with Crippen LogP contribution in [0.1, 0.15) is 32.5 Å². The predicted octanol–water partition coefficient (Wildman–Crippen LogP) is 2.65. The fourth-order valence-electron chi connectivity index (χ4n) is 3.32. The van der Waals surface area contributed by atoms with E-state index in [4.69, 9.17) is 4.74 Å². The minimum absolute atomic E-state index is 0.100. The molecule has 1 aliphatic rings. The van der Waals surface area contributed by atoms with Crippen molar-refractivity contribution in [3.63, 3.8) is 0 Å². The van der Waals surface area contributed by atoms with E-state index in [0.717, 1.165) is 11.3 Å². The molecular weight excluding hydrogens is 420 g/mol. The number of Topliss-reactive ketones (excluding diaryl/α,β-unsaturated/α-hetero) is 1. The van der Waals surface area contributed by atoms with Gasteiger partial charge in [-0.2, -0.15) is 0 Å². The van der Waals surface area contributed by atoms with Gasteiger partial charge < -0.3 is 9.84 Å². The zero-order valence-corrected chi connectivity index (χ0v) is 17.3. The van der Waals surface area contributed by atoms with Gasteiger partial charge in [0.2, 0.25) is 0 Å². The van der Waals surface area contributed by atoms with Gasteiger partial charge in [0, 0.05) is 30.4 Å². The van der Waals surface area contributed by atoms with Crippen LogP contribution in [0.2, 0.25) is 0 Å². The Labute approximate surface area is 180 Å². The maximum Gasteiger partial charge on any atom is 0.350 e. The van der Waals surface area contributed by atoms with Gasteiger partial charge in [-0.1, -0.05) is 17.4 Å². The summed E-state index contributed by atoms with van der Waals surface area (Å²) in [5, 5.41) is 11.1. The number of pyridine rings is 2. The van der Waals surface area contributed by atoms with Gasteiger partial charge >= 0.3 is 11.9 Å². The van der Waals surface area contributed by atoms with Crippen LogP contribution in [0.4, 0.5) is 5.13 Å². The fourth-order valence-corrected chi connectivity index (χ4v) is 4.33. The fraction of sp³-hybridized carbons (Fsp3) is 0.143. The smallest absolute Gasteiger partial charge is 0.350 e. The average molecular weight is 436 g/mol. The molecule has 3 aromatic rings. The number of carbonyl (C=O) groups is 3. The quantitative estimate of drug-likeness (QED) is 0.287. The SMILES string of the molecule is COC(=O)c1sc(N2C(=O)C(=O)C(=C(O)c3ccncc3)C2c2cccnc2)nc1C. The molecule has 0 bridgehead atoms. The number of ketones is 1. The highest BCUT2D eigenvalue weighted by Gasteiger charge is 2.48. The molecule has 156 valence electrons. The molecule has 0 aromatic carbocycles. The van der Waals surface area contributed by atoms with E-state index in [-0.39, 0.29) is 21.3 Å². The molecule has 31 heavy (non-hydrogen) atoms. The van der Waals surface area contributed by atoms with Gasteiger partial charge in [0.15, 0.2) is 5.13 Å². The first-order valence-corrected chi connectivity index (χ1v) is 9.92. The van der Waals surface area contributed by atoms with E-state index in [9.17, 15) is 19.5 Å². The van der Waals surface area contributed by atoms with Crippen LogP contribution in [0.5, 0.6) is 0 Å². The molecule has 0 radical (unpaired) electrons. The van der Waals surface area contributed by atoms with Gasteiger partial charge in [0.05, 0.1) is 24.4 Å². The summed E-state index contributed by atoms with van der Waals surface area (Å²) in [4.78, 5) is 51.8. The monoisotopic (exact) mass is 436 g/mol. The van der Waals surface area contributed by atoms with Crippen LogP contribution in [0.15, 0.2) is 54.6 Å². The number of ether oxygens (including phenoxy) is 1. The summed E-state index contributed by atoms with van der Waals surface area (Å²) >= 11 is 0.936. The van der Waals surface area contributed by atoms with Crippen LogP contribution in [-0.4, -0.2) is 44.8 Å². The molecule has 0 aliphatic carbocycles. The summed E-state index contributed by atoms with van der Waals surface area (Å²) in [5.74, 6) is -2.66. The number of rotatable bonds is 4. The topological polar surface area (TPSA) is 123 Å². The highest BCUT2D eigenvalue weighted by atomic mass is 32.1. The molecule has 0 spiro atoms. The van der Waals surface area contributed by atoms with Crippen molar-refractivity contribution >= 4 is 39.9 Å². The minimum atomic E-state index is -0.974. The molecule has 0 saturated carbocycles. The standard InChI is InChI=1S/C21H16N4O5S/c1-11-18(20(29)30-2)31-21(24-11)25-15(13-4-3-7-23-10-13)14(17(27)19(25)28)16(26)12-5-8-22-9-6-12/h3-10,15,26H,1-2H3. The lowest BCUT2D eigenvalue weighted by Crippen LogP contribution is -2.29. The maximum absolute atomic E-state index is 13.0. The van der Waals surface area contributed by atoms with Crippen molar-refractivity contribution in [2.24, 2.45) is 0 Å². The molecule has 10 heteroatoms. The zero-order valence-electron chi connectivity index (χ0n) is 16.5. The number of amides is 1. The highest BCUT2D eigenvalue weighted by molar-refractivity contribution is 7.17. The first kappa shape index (κ1) is 20.4. The second-order valence-corrected chi connectivity index (χ2v) is 7.57. The number of aryl methyl sites for hydroxylation is 1. The number of anilines is 1. The molecule has 1 N–H and O–H groups in total. The summed E-state index contributed by atoms with van der Waals surface area (Å²) in [6, 6.07) is 5.45. The van der Waals surface area contributed by atoms with Crippen molar-refractivity contribution in [1.82, 2.24) is 15.0 Å². The van der Waals surface area contributed by atoms with Gasteiger partial charge in [-0.25, -0.2) is 9.78 Å². The summed E-state index contributed by atoms with van der Waals surface area (Å²) in [6.07, 6.45) is 6.00. The van der Waals surface area contributed by atoms with E-state index in [1.54, 1.807) is 25.3 Å². The molecular formula is C21H16N4O5S. The molecule has 1 atom stereocenters. The Kier molecular flexibility index (Phi) is 5.30. The van der Waals surface area contributed by atoms with E-state index in [1.807, 2.05) is 0 Å². The Morgan fingerprint density at radius 1 is 1.16 bits per heavy atom. The lowest BCUT2D eigenvalue weighted by Gasteiger charge is -2.22. The number of thiazole rings is 1. The van der Waals surface area contributed by atoms with Crippen LogP contribution in [0.25, 0.3) is 5.76 Å². The average Bonchev–Trinajstić information content (AvgIpc) is 3.31. The van der Waals surface area contributed by atoms with Gasteiger partial charge in [-0.3, -0.25) is 24.5 Å². The summed E-state index contributed by atoms with van der Waals surface area (Å²) in [5.41, 5.74) is 1.11. The third-order valence-corrected chi connectivity index (χ3v) is 5.90. The lowest BCUT2D eigenvalue weighted by molar-refractivity contribution is -0.132. The first-order valence-electron chi connectivity index (χ1n) is 9.11. The normalized spacial score (nSPS) is 17.7. The zero-order chi connectivity index (χ0) is 22.1. The first-order chi connectivity index (χ1) is 14.9. The third kappa shape index (κ3) is 3.46. The molecule has 1 saturated heterocycles. The van der Waals surface area contributed by atoms with Crippen molar-refractivity contribution in [3.8, 4) is 0 Å². The molecule has 9 nitrogen and oxygen atoms in total. The predicted molar refractivity (Wildman–Crippen MR) is 111 cm³/mol. The third-order valence-electron chi connectivity index (χ3n) is 4.76. The van der Waals surface area contributed by atoms with Crippen LogP contribution in [-0.2, 0) is 14.3 Å². The van der Waals surface area contributed by atoms with Gasteiger partial charge in [-0.15, -0.1) is 0 Å². The number of carbonyl (C=O) groups excluding carboxylic acids is 3. The van der Waals surface area contributed by atoms with Gasteiger partial charge in [0.25, 0.3) is 5.78 Å². The Morgan fingerprint density at radius 2 is 1.90 bits per heavy atom. The number of aromatic nitrogens is 3. The number of hydrogen-bond donors (Lipinski definition) is 1. The number of hydrogen-bond acceptors (Lipinski definition) is 9. The minimum Gasteiger partial charge on any atom is -0.507 e. The number of methoxy groups -OCH3 is 1. The number of aliphatic hydroxyl groups excluding tert-OH is 1. The van der Waals surface area contributed by atoms with Gasteiger partial charge in [0.1, 0.15) is 10.6 Å². The van der Waals surface area contributed by atoms with Crippen molar-refractivity contribution in [2.45, 2.75) is 13.0 Å². The molecule has 1 unspecified atom stereocenters. The number of esters is 1.